The molecule has 1 amide bonds. The number of benzene rings is 1. The maximum absolute atomic E-state index is 12.4. The minimum atomic E-state index is 0.0792. The zero-order valence-electron chi connectivity index (χ0n) is 13.9. The van der Waals surface area contributed by atoms with Crippen LogP contribution in [-0.2, 0) is 11.3 Å². The molecule has 2 aromatic rings. The van der Waals surface area contributed by atoms with Crippen LogP contribution < -0.4 is 9.64 Å². The van der Waals surface area contributed by atoms with Crippen LogP contribution in [0.1, 0.15) is 11.1 Å². The minimum absolute atomic E-state index is 0.0792. The first-order valence-corrected chi connectivity index (χ1v) is 9.15. The zero-order chi connectivity index (χ0) is 16.8. The van der Waals surface area contributed by atoms with E-state index in [9.17, 15) is 4.79 Å². The summed E-state index contributed by atoms with van der Waals surface area (Å²) in [5.41, 5.74) is 2.32. The van der Waals surface area contributed by atoms with Crippen LogP contribution in [0.15, 0.2) is 47.2 Å². The highest BCUT2D eigenvalue weighted by atomic mass is 32.1. The largest absolute Gasteiger partial charge is 0.496 e. The molecule has 2 heterocycles. The lowest BCUT2D eigenvalue weighted by molar-refractivity contribution is -0.917. The van der Waals surface area contributed by atoms with E-state index in [1.54, 1.807) is 29.4 Å². The molecular formula is C19H23N2O2S+. The van der Waals surface area contributed by atoms with Gasteiger partial charge in [0.1, 0.15) is 12.3 Å². The Bertz CT molecular complexity index is 689. The number of rotatable bonds is 5. The number of amides is 1. The van der Waals surface area contributed by atoms with Gasteiger partial charge in [0.25, 0.3) is 0 Å². The predicted molar refractivity (Wildman–Crippen MR) is 97.3 cm³/mol. The molecule has 0 aliphatic carbocycles. The number of piperazine rings is 1. The molecule has 1 aromatic carbocycles. The number of nitrogens with zero attached hydrogens (tertiary/aromatic N) is 1. The van der Waals surface area contributed by atoms with E-state index in [1.165, 1.54) is 5.56 Å². The Kier molecular flexibility index (Phi) is 5.67. The maximum Gasteiger partial charge on any atom is 0.246 e. The number of hydrogen-bond donors (Lipinski definition) is 1. The molecule has 1 fully saturated rings. The predicted octanol–water partition coefficient (Wildman–Crippen LogP) is 1.70. The van der Waals surface area contributed by atoms with Gasteiger partial charge in [-0.3, -0.25) is 4.79 Å². The number of carbonyl (C=O) groups excluding carboxylic acids is 1. The Morgan fingerprint density at radius 2 is 2.08 bits per heavy atom. The van der Waals surface area contributed by atoms with Crippen LogP contribution in [0.4, 0.5) is 0 Å². The molecule has 1 aromatic heterocycles. The summed E-state index contributed by atoms with van der Waals surface area (Å²) in [4.78, 5) is 15.9. The number of thiophene rings is 1. The van der Waals surface area contributed by atoms with Crippen molar-refractivity contribution in [3.63, 3.8) is 0 Å². The normalized spacial score (nSPS) is 15.8. The summed E-state index contributed by atoms with van der Waals surface area (Å²) in [6, 6.07) is 9.90. The molecule has 0 unspecified atom stereocenters. The SMILES string of the molecule is COc1ccccc1/C=C/C(=O)N1CC[NH+](Cc2ccsc2)CC1. The lowest BCUT2D eigenvalue weighted by atomic mass is 10.2. The van der Waals surface area contributed by atoms with Gasteiger partial charge in [-0.1, -0.05) is 18.2 Å². The Balaban J connectivity index is 1.52. The Labute approximate surface area is 147 Å². The van der Waals surface area contributed by atoms with Crippen LogP contribution in [0.3, 0.4) is 0 Å². The molecule has 3 rings (SSSR count). The Hall–Kier alpha value is -2.11. The highest BCUT2D eigenvalue weighted by Crippen LogP contribution is 2.18. The van der Waals surface area contributed by atoms with E-state index in [0.29, 0.717) is 0 Å². The van der Waals surface area contributed by atoms with Gasteiger partial charge in [0.15, 0.2) is 0 Å². The van der Waals surface area contributed by atoms with Gasteiger partial charge in [-0.25, -0.2) is 0 Å². The number of quaternary nitrogens is 1. The molecule has 0 radical (unpaired) electrons. The van der Waals surface area contributed by atoms with Crippen LogP contribution in [0.5, 0.6) is 5.75 Å². The molecular weight excluding hydrogens is 320 g/mol. The van der Waals surface area contributed by atoms with Gasteiger partial charge in [0.2, 0.25) is 5.91 Å². The summed E-state index contributed by atoms with van der Waals surface area (Å²) < 4.78 is 5.31. The lowest BCUT2D eigenvalue weighted by Crippen LogP contribution is -3.13. The summed E-state index contributed by atoms with van der Waals surface area (Å²) >= 11 is 1.74. The fraction of sp³-hybridized carbons (Fsp3) is 0.316. The quantitative estimate of drug-likeness (QED) is 0.839. The lowest BCUT2D eigenvalue weighted by Gasteiger charge is -2.31. The molecule has 0 bridgehead atoms. The highest BCUT2D eigenvalue weighted by molar-refractivity contribution is 7.07. The molecule has 1 aliphatic rings. The second-order valence-electron chi connectivity index (χ2n) is 5.96. The summed E-state index contributed by atoms with van der Waals surface area (Å²) in [5.74, 6) is 0.863. The molecule has 0 saturated carbocycles. The topological polar surface area (TPSA) is 34.0 Å². The second kappa shape index (κ2) is 8.13. The third-order valence-corrected chi connectivity index (χ3v) is 5.09. The standard InChI is InChI=1S/C19H22N2O2S/c1-23-18-5-3-2-4-17(18)6-7-19(22)21-11-9-20(10-12-21)14-16-8-13-24-15-16/h2-8,13,15H,9-12,14H2,1H3/p+1/b7-6+. The molecule has 1 N–H and O–H groups in total. The van der Waals surface area contributed by atoms with E-state index in [0.717, 1.165) is 44.0 Å². The summed E-state index contributed by atoms with van der Waals surface area (Å²) in [6.45, 7) is 4.69. The first-order chi connectivity index (χ1) is 11.8. The Morgan fingerprint density at radius 3 is 2.79 bits per heavy atom. The third kappa shape index (κ3) is 4.24. The monoisotopic (exact) mass is 343 g/mol. The van der Waals surface area contributed by atoms with Crippen molar-refractivity contribution < 1.29 is 14.4 Å². The van der Waals surface area contributed by atoms with E-state index in [1.807, 2.05) is 35.2 Å². The fourth-order valence-electron chi connectivity index (χ4n) is 2.97. The molecule has 4 nitrogen and oxygen atoms in total. The maximum atomic E-state index is 12.4. The van der Waals surface area contributed by atoms with E-state index >= 15 is 0 Å². The van der Waals surface area contributed by atoms with Crippen LogP contribution >= 0.6 is 11.3 Å². The smallest absolute Gasteiger partial charge is 0.246 e. The Morgan fingerprint density at radius 1 is 1.29 bits per heavy atom. The van der Waals surface area contributed by atoms with Crippen LogP contribution in [0.2, 0.25) is 0 Å². The van der Waals surface area contributed by atoms with E-state index in [4.69, 9.17) is 4.74 Å². The number of para-hydroxylation sites is 1. The van der Waals surface area contributed by atoms with Gasteiger partial charge in [0, 0.05) is 17.2 Å². The molecule has 1 saturated heterocycles. The van der Waals surface area contributed by atoms with E-state index in [2.05, 4.69) is 16.8 Å². The highest BCUT2D eigenvalue weighted by Gasteiger charge is 2.22. The van der Waals surface area contributed by atoms with Crippen molar-refractivity contribution in [2.75, 3.05) is 33.3 Å². The number of methoxy groups -OCH3 is 1. The first-order valence-electron chi connectivity index (χ1n) is 8.21. The van der Waals surface area contributed by atoms with Gasteiger partial charge in [-0.05, 0) is 29.0 Å². The number of nitrogens with one attached hydrogen (secondary N) is 1. The molecule has 0 atom stereocenters. The van der Waals surface area contributed by atoms with Gasteiger partial charge in [-0.2, -0.15) is 11.3 Å². The van der Waals surface area contributed by atoms with Crippen molar-refractivity contribution >= 4 is 23.3 Å². The van der Waals surface area contributed by atoms with Gasteiger partial charge < -0.3 is 14.5 Å². The average molecular weight is 343 g/mol. The molecule has 24 heavy (non-hydrogen) atoms. The molecule has 5 heteroatoms. The van der Waals surface area contributed by atoms with E-state index in [-0.39, 0.29) is 5.91 Å². The van der Waals surface area contributed by atoms with Crippen LogP contribution in [-0.4, -0.2) is 44.1 Å². The van der Waals surface area contributed by atoms with Gasteiger partial charge in [0.05, 0.1) is 33.3 Å². The molecule has 0 spiro atoms. The fourth-order valence-corrected chi connectivity index (χ4v) is 3.64. The zero-order valence-corrected chi connectivity index (χ0v) is 14.7. The van der Waals surface area contributed by atoms with Crippen LogP contribution in [0, 0.1) is 0 Å². The van der Waals surface area contributed by atoms with Crippen molar-refractivity contribution in [3.8, 4) is 5.75 Å². The van der Waals surface area contributed by atoms with Gasteiger partial charge >= 0.3 is 0 Å². The summed E-state index contributed by atoms with van der Waals surface area (Å²) in [5, 5.41) is 4.33. The van der Waals surface area contributed by atoms with Crippen LogP contribution in [0.25, 0.3) is 6.08 Å². The second-order valence-corrected chi connectivity index (χ2v) is 6.74. The van der Waals surface area contributed by atoms with Crippen molar-refractivity contribution in [1.29, 1.82) is 0 Å². The molecule has 1 aliphatic heterocycles. The number of hydrogen-bond acceptors (Lipinski definition) is 3. The van der Waals surface area contributed by atoms with Crippen molar-refractivity contribution in [3.05, 3.63) is 58.3 Å². The number of ether oxygens (including phenoxy) is 1. The van der Waals surface area contributed by atoms with Crippen molar-refractivity contribution in [2.24, 2.45) is 0 Å². The first kappa shape index (κ1) is 16.7. The average Bonchev–Trinajstić information content (AvgIpc) is 3.13. The third-order valence-electron chi connectivity index (χ3n) is 4.36. The number of carbonyl (C=O) groups is 1. The van der Waals surface area contributed by atoms with Gasteiger partial charge in [-0.15, -0.1) is 0 Å². The minimum Gasteiger partial charge on any atom is -0.496 e. The molecule has 126 valence electrons. The van der Waals surface area contributed by atoms with Crippen molar-refractivity contribution in [2.45, 2.75) is 6.54 Å². The van der Waals surface area contributed by atoms with E-state index < -0.39 is 0 Å². The van der Waals surface area contributed by atoms with Crippen molar-refractivity contribution in [1.82, 2.24) is 4.90 Å². The summed E-state index contributed by atoms with van der Waals surface area (Å²) in [7, 11) is 1.64. The summed E-state index contributed by atoms with van der Waals surface area (Å²) in [6.07, 6.45) is 3.49.